The zero-order valence-electron chi connectivity index (χ0n) is 13.3. The highest BCUT2D eigenvalue weighted by Crippen LogP contribution is 2.38. The fraction of sp³-hybridized carbons (Fsp3) is 0.158. The molecular formula is C19H16BrNO3. The molecule has 1 atom stereocenters. The van der Waals surface area contributed by atoms with Gasteiger partial charge in [-0.15, -0.1) is 0 Å². The van der Waals surface area contributed by atoms with E-state index < -0.39 is 17.7 Å². The van der Waals surface area contributed by atoms with E-state index >= 15 is 0 Å². The summed E-state index contributed by atoms with van der Waals surface area (Å²) < 4.78 is 0.901. The number of rotatable bonds is 2. The summed E-state index contributed by atoms with van der Waals surface area (Å²) in [7, 11) is 1.57. The van der Waals surface area contributed by atoms with Crippen LogP contribution in [0.1, 0.15) is 22.7 Å². The van der Waals surface area contributed by atoms with Gasteiger partial charge >= 0.3 is 0 Å². The molecule has 24 heavy (non-hydrogen) atoms. The van der Waals surface area contributed by atoms with Crippen molar-refractivity contribution in [3.05, 3.63) is 75.3 Å². The smallest absolute Gasteiger partial charge is 0.295 e. The Morgan fingerprint density at radius 1 is 1.04 bits per heavy atom. The molecule has 0 spiro atoms. The molecule has 1 fully saturated rings. The standard InChI is InChI=1S/C19H16BrNO3/c1-11-3-5-13(6-4-11)17(22)15-16(21(2)19(24)18(15)23)12-7-9-14(20)10-8-12/h3-10,16,22H,1-2H3/b17-15+/t16-/m1/s1. The first kappa shape index (κ1) is 16.5. The summed E-state index contributed by atoms with van der Waals surface area (Å²) in [5, 5.41) is 10.7. The summed E-state index contributed by atoms with van der Waals surface area (Å²) in [4.78, 5) is 26.0. The van der Waals surface area contributed by atoms with Crippen molar-refractivity contribution in [1.82, 2.24) is 4.90 Å². The monoisotopic (exact) mass is 385 g/mol. The molecule has 4 nitrogen and oxygen atoms in total. The number of amides is 1. The van der Waals surface area contributed by atoms with Crippen LogP contribution < -0.4 is 0 Å². The van der Waals surface area contributed by atoms with Crippen LogP contribution in [0.2, 0.25) is 0 Å². The summed E-state index contributed by atoms with van der Waals surface area (Å²) >= 11 is 3.37. The van der Waals surface area contributed by atoms with Crippen LogP contribution in [-0.2, 0) is 9.59 Å². The van der Waals surface area contributed by atoms with E-state index in [1.54, 1.807) is 19.2 Å². The third-order valence-electron chi connectivity index (χ3n) is 4.19. The van der Waals surface area contributed by atoms with E-state index in [0.29, 0.717) is 5.56 Å². The molecular weight excluding hydrogens is 370 g/mol. The molecule has 2 aromatic carbocycles. The van der Waals surface area contributed by atoms with E-state index in [0.717, 1.165) is 15.6 Å². The van der Waals surface area contributed by atoms with E-state index in [-0.39, 0.29) is 11.3 Å². The van der Waals surface area contributed by atoms with Gasteiger partial charge in [-0.1, -0.05) is 57.9 Å². The number of hydrogen-bond acceptors (Lipinski definition) is 3. The fourth-order valence-electron chi connectivity index (χ4n) is 2.85. The summed E-state index contributed by atoms with van der Waals surface area (Å²) in [6.45, 7) is 1.94. The average molecular weight is 386 g/mol. The van der Waals surface area contributed by atoms with Crippen molar-refractivity contribution in [3.63, 3.8) is 0 Å². The van der Waals surface area contributed by atoms with E-state index in [9.17, 15) is 14.7 Å². The van der Waals surface area contributed by atoms with E-state index in [4.69, 9.17) is 0 Å². The maximum atomic E-state index is 12.4. The highest BCUT2D eigenvalue weighted by Gasteiger charge is 2.44. The summed E-state index contributed by atoms with van der Waals surface area (Å²) in [6, 6.07) is 13.9. The lowest BCUT2D eigenvalue weighted by Gasteiger charge is -2.21. The zero-order chi connectivity index (χ0) is 17.4. The molecule has 0 aromatic heterocycles. The Kier molecular flexibility index (Phi) is 4.28. The van der Waals surface area contributed by atoms with Crippen LogP contribution in [0.4, 0.5) is 0 Å². The van der Waals surface area contributed by atoms with Crippen molar-refractivity contribution in [1.29, 1.82) is 0 Å². The first-order valence-electron chi connectivity index (χ1n) is 7.47. The normalized spacial score (nSPS) is 19.8. The maximum Gasteiger partial charge on any atom is 0.295 e. The quantitative estimate of drug-likeness (QED) is 0.485. The van der Waals surface area contributed by atoms with Gasteiger partial charge in [-0.05, 0) is 24.6 Å². The van der Waals surface area contributed by atoms with E-state index in [1.807, 2.05) is 43.3 Å². The van der Waals surface area contributed by atoms with Crippen LogP contribution >= 0.6 is 15.9 Å². The number of benzene rings is 2. The second kappa shape index (κ2) is 6.24. The molecule has 1 aliphatic heterocycles. The van der Waals surface area contributed by atoms with Gasteiger partial charge in [0.1, 0.15) is 5.76 Å². The van der Waals surface area contributed by atoms with Crippen LogP contribution in [0.15, 0.2) is 58.6 Å². The Balaban J connectivity index is 2.16. The number of Topliss-reactive ketones (excluding diaryl/α,β-unsaturated/α-hetero) is 1. The van der Waals surface area contributed by atoms with Crippen LogP contribution in [0.25, 0.3) is 5.76 Å². The molecule has 0 bridgehead atoms. The van der Waals surface area contributed by atoms with E-state index in [1.165, 1.54) is 4.90 Å². The number of likely N-dealkylation sites (N-methyl/N-ethyl adjacent to an activating group) is 1. The first-order valence-corrected chi connectivity index (χ1v) is 8.26. The number of halogens is 1. The minimum Gasteiger partial charge on any atom is -0.507 e. The molecule has 1 saturated heterocycles. The number of carbonyl (C=O) groups is 2. The van der Waals surface area contributed by atoms with Crippen molar-refractivity contribution in [2.45, 2.75) is 13.0 Å². The van der Waals surface area contributed by atoms with Crippen LogP contribution in [0, 0.1) is 6.92 Å². The second-order valence-corrected chi connectivity index (χ2v) is 6.74. The molecule has 1 amide bonds. The summed E-state index contributed by atoms with van der Waals surface area (Å²) in [6.07, 6.45) is 0. The number of aryl methyl sites for hydroxylation is 1. The number of aliphatic hydroxyl groups excluding tert-OH is 1. The number of aliphatic hydroxyl groups is 1. The van der Waals surface area contributed by atoms with Crippen molar-refractivity contribution in [2.75, 3.05) is 7.05 Å². The van der Waals surface area contributed by atoms with Gasteiger partial charge in [-0.25, -0.2) is 0 Å². The molecule has 0 saturated carbocycles. The average Bonchev–Trinajstić information content (AvgIpc) is 2.80. The molecule has 1 aliphatic rings. The second-order valence-electron chi connectivity index (χ2n) is 5.83. The van der Waals surface area contributed by atoms with Gasteiger partial charge in [0.05, 0.1) is 11.6 Å². The van der Waals surface area contributed by atoms with E-state index in [2.05, 4.69) is 15.9 Å². The lowest BCUT2D eigenvalue weighted by molar-refractivity contribution is -0.139. The number of nitrogens with zero attached hydrogens (tertiary/aromatic N) is 1. The van der Waals surface area contributed by atoms with Crippen molar-refractivity contribution in [2.24, 2.45) is 0 Å². The molecule has 0 radical (unpaired) electrons. The topological polar surface area (TPSA) is 57.6 Å². The van der Waals surface area contributed by atoms with Crippen molar-refractivity contribution < 1.29 is 14.7 Å². The Bertz CT molecular complexity index is 838. The molecule has 0 aliphatic carbocycles. The third kappa shape index (κ3) is 2.76. The highest BCUT2D eigenvalue weighted by atomic mass is 79.9. The number of ketones is 1. The van der Waals surface area contributed by atoms with Gasteiger partial charge in [0.2, 0.25) is 0 Å². The molecule has 3 rings (SSSR count). The van der Waals surface area contributed by atoms with Gasteiger partial charge in [-0.2, -0.15) is 0 Å². The largest absolute Gasteiger partial charge is 0.507 e. The lowest BCUT2D eigenvalue weighted by Crippen LogP contribution is -2.24. The number of carbonyl (C=O) groups excluding carboxylic acids is 2. The molecule has 122 valence electrons. The first-order chi connectivity index (χ1) is 11.4. The van der Waals surface area contributed by atoms with Gasteiger partial charge in [0.15, 0.2) is 0 Å². The molecule has 1 heterocycles. The Morgan fingerprint density at radius 3 is 2.21 bits per heavy atom. The van der Waals surface area contributed by atoms with Gasteiger partial charge in [0.25, 0.3) is 11.7 Å². The van der Waals surface area contributed by atoms with Crippen LogP contribution in [0.3, 0.4) is 0 Å². The number of hydrogen-bond donors (Lipinski definition) is 1. The van der Waals surface area contributed by atoms with Crippen molar-refractivity contribution in [3.8, 4) is 0 Å². The summed E-state index contributed by atoms with van der Waals surface area (Å²) in [5.74, 6) is -1.43. The van der Waals surface area contributed by atoms with Crippen LogP contribution in [-0.4, -0.2) is 28.7 Å². The number of likely N-dealkylation sites (tertiary alicyclic amines) is 1. The fourth-order valence-corrected chi connectivity index (χ4v) is 3.11. The minimum atomic E-state index is -0.663. The predicted molar refractivity (Wildman–Crippen MR) is 95.4 cm³/mol. The molecule has 0 unspecified atom stereocenters. The molecule has 1 N–H and O–H groups in total. The van der Waals surface area contributed by atoms with Gasteiger partial charge < -0.3 is 10.0 Å². The van der Waals surface area contributed by atoms with Gasteiger partial charge in [-0.3, -0.25) is 9.59 Å². The predicted octanol–water partition coefficient (Wildman–Crippen LogP) is 3.81. The Hall–Kier alpha value is -2.40. The van der Waals surface area contributed by atoms with Crippen molar-refractivity contribution >= 4 is 33.4 Å². The maximum absolute atomic E-state index is 12.4. The summed E-state index contributed by atoms with van der Waals surface area (Å²) in [5.41, 5.74) is 2.46. The zero-order valence-corrected chi connectivity index (χ0v) is 14.9. The van der Waals surface area contributed by atoms with Crippen LogP contribution in [0.5, 0.6) is 0 Å². The van der Waals surface area contributed by atoms with Gasteiger partial charge in [0, 0.05) is 17.1 Å². The lowest BCUT2D eigenvalue weighted by atomic mass is 9.95. The highest BCUT2D eigenvalue weighted by molar-refractivity contribution is 9.10. The Labute approximate surface area is 148 Å². The third-order valence-corrected chi connectivity index (χ3v) is 4.71. The SMILES string of the molecule is Cc1ccc(/C(O)=C2\C(=O)C(=O)N(C)[C@@H]2c2ccc(Br)cc2)cc1. The Morgan fingerprint density at radius 2 is 1.62 bits per heavy atom. The molecule has 5 heteroatoms. The minimum absolute atomic E-state index is 0.119. The molecule has 2 aromatic rings.